The lowest BCUT2D eigenvalue weighted by Crippen LogP contribution is -2.28. The highest BCUT2D eigenvalue weighted by Gasteiger charge is 2.30. The van der Waals surface area contributed by atoms with Gasteiger partial charge in [-0.15, -0.1) is 0 Å². The standard InChI is InChI=1S/C10H12FNO4S/c1-10(2,9(13)14)6-3-4-8(7(11)5-6)17(12,15)16/h3-5H,1-2H3,(H,13,14)(H2,12,15,16). The molecule has 1 aromatic carbocycles. The molecule has 0 unspecified atom stereocenters. The van der Waals surface area contributed by atoms with Gasteiger partial charge in [0.2, 0.25) is 10.0 Å². The van der Waals surface area contributed by atoms with E-state index in [9.17, 15) is 17.6 Å². The van der Waals surface area contributed by atoms with Gasteiger partial charge in [0.15, 0.2) is 0 Å². The molecule has 0 saturated carbocycles. The molecule has 0 atom stereocenters. The van der Waals surface area contributed by atoms with Gasteiger partial charge in [0, 0.05) is 0 Å². The Labute approximate surface area is 98.1 Å². The quantitative estimate of drug-likeness (QED) is 0.842. The maximum absolute atomic E-state index is 13.5. The van der Waals surface area contributed by atoms with Crippen molar-refractivity contribution < 1.29 is 22.7 Å². The SMILES string of the molecule is CC(C)(C(=O)O)c1ccc(S(N)(=O)=O)c(F)c1. The van der Waals surface area contributed by atoms with E-state index >= 15 is 0 Å². The Bertz CT molecular complexity index is 566. The van der Waals surface area contributed by atoms with Crippen LogP contribution in [0.5, 0.6) is 0 Å². The van der Waals surface area contributed by atoms with Gasteiger partial charge < -0.3 is 5.11 Å². The maximum Gasteiger partial charge on any atom is 0.313 e. The van der Waals surface area contributed by atoms with Gasteiger partial charge in [0.05, 0.1) is 5.41 Å². The summed E-state index contributed by atoms with van der Waals surface area (Å²) in [5, 5.41) is 13.7. The number of carboxylic acids is 1. The molecule has 0 saturated heterocycles. The molecule has 0 spiro atoms. The molecule has 0 aliphatic rings. The average molecular weight is 261 g/mol. The van der Waals surface area contributed by atoms with E-state index < -0.39 is 32.1 Å². The van der Waals surface area contributed by atoms with Crippen molar-refractivity contribution in [3.63, 3.8) is 0 Å². The summed E-state index contributed by atoms with van der Waals surface area (Å²) in [5.74, 6) is -2.19. The predicted molar refractivity (Wildman–Crippen MR) is 58.4 cm³/mol. The van der Waals surface area contributed by atoms with Crippen LogP contribution >= 0.6 is 0 Å². The van der Waals surface area contributed by atoms with Crippen molar-refractivity contribution >= 4 is 16.0 Å². The highest BCUT2D eigenvalue weighted by molar-refractivity contribution is 7.89. The Hall–Kier alpha value is -1.47. The van der Waals surface area contributed by atoms with E-state index in [1.165, 1.54) is 19.9 Å². The normalized spacial score (nSPS) is 12.5. The third-order valence-electron chi connectivity index (χ3n) is 2.49. The monoisotopic (exact) mass is 261 g/mol. The molecule has 5 nitrogen and oxygen atoms in total. The van der Waals surface area contributed by atoms with Crippen LogP contribution in [-0.4, -0.2) is 19.5 Å². The van der Waals surface area contributed by atoms with E-state index in [-0.39, 0.29) is 5.56 Å². The first-order chi connectivity index (χ1) is 7.56. The number of carboxylic acid groups (broad SMARTS) is 1. The summed E-state index contributed by atoms with van der Waals surface area (Å²) in [5.41, 5.74) is -1.15. The van der Waals surface area contributed by atoms with E-state index in [0.717, 1.165) is 12.1 Å². The first-order valence-electron chi connectivity index (χ1n) is 4.63. The van der Waals surface area contributed by atoms with Crippen molar-refractivity contribution in [1.82, 2.24) is 0 Å². The second-order valence-corrected chi connectivity index (χ2v) is 5.65. The lowest BCUT2D eigenvalue weighted by molar-refractivity contribution is -0.142. The van der Waals surface area contributed by atoms with Crippen LogP contribution in [0.25, 0.3) is 0 Å². The molecule has 0 heterocycles. The number of primary sulfonamides is 1. The van der Waals surface area contributed by atoms with Crippen molar-refractivity contribution in [2.45, 2.75) is 24.2 Å². The van der Waals surface area contributed by atoms with Gasteiger partial charge in [-0.05, 0) is 31.5 Å². The van der Waals surface area contributed by atoms with Crippen LogP contribution < -0.4 is 5.14 Å². The van der Waals surface area contributed by atoms with E-state index in [2.05, 4.69) is 0 Å². The molecule has 0 aliphatic heterocycles. The number of benzene rings is 1. The maximum atomic E-state index is 13.5. The smallest absolute Gasteiger partial charge is 0.313 e. The van der Waals surface area contributed by atoms with Crippen molar-refractivity contribution in [3.05, 3.63) is 29.6 Å². The van der Waals surface area contributed by atoms with Crippen LogP contribution in [0.3, 0.4) is 0 Å². The van der Waals surface area contributed by atoms with Gasteiger partial charge in [0.25, 0.3) is 0 Å². The average Bonchev–Trinajstić information content (AvgIpc) is 2.15. The van der Waals surface area contributed by atoms with Crippen LogP contribution in [0.4, 0.5) is 4.39 Å². The first-order valence-corrected chi connectivity index (χ1v) is 6.17. The molecule has 0 radical (unpaired) electrons. The Morgan fingerprint density at radius 3 is 2.29 bits per heavy atom. The first kappa shape index (κ1) is 13.6. The summed E-state index contributed by atoms with van der Waals surface area (Å²) in [4.78, 5) is 10.3. The van der Waals surface area contributed by atoms with Gasteiger partial charge in [-0.3, -0.25) is 4.79 Å². The summed E-state index contributed by atoms with van der Waals surface area (Å²) >= 11 is 0. The molecule has 1 aromatic rings. The molecule has 1 rings (SSSR count). The van der Waals surface area contributed by atoms with Crippen LogP contribution in [0.1, 0.15) is 19.4 Å². The largest absolute Gasteiger partial charge is 0.481 e. The summed E-state index contributed by atoms with van der Waals surface area (Å²) in [6.45, 7) is 2.78. The Kier molecular flexibility index (Phi) is 3.26. The van der Waals surface area contributed by atoms with Crippen molar-refractivity contribution in [2.24, 2.45) is 5.14 Å². The van der Waals surface area contributed by atoms with Gasteiger partial charge in [0.1, 0.15) is 10.7 Å². The number of aliphatic carboxylic acids is 1. The molecule has 0 aliphatic carbocycles. The van der Waals surface area contributed by atoms with E-state index in [1.807, 2.05) is 0 Å². The zero-order valence-electron chi connectivity index (χ0n) is 9.27. The molecule has 0 bridgehead atoms. The number of nitrogens with two attached hydrogens (primary N) is 1. The topological polar surface area (TPSA) is 97.5 Å². The number of halogens is 1. The fraction of sp³-hybridized carbons (Fsp3) is 0.300. The Balaban J connectivity index is 3.37. The summed E-state index contributed by atoms with van der Waals surface area (Å²) in [6.07, 6.45) is 0. The van der Waals surface area contributed by atoms with Crippen LogP contribution in [0.15, 0.2) is 23.1 Å². The molecule has 0 amide bonds. The number of hydrogen-bond acceptors (Lipinski definition) is 3. The lowest BCUT2D eigenvalue weighted by Gasteiger charge is -2.19. The van der Waals surface area contributed by atoms with Gasteiger partial charge in [-0.25, -0.2) is 17.9 Å². The van der Waals surface area contributed by atoms with Crippen LogP contribution in [0, 0.1) is 5.82 Å². The number of hydrogen-bond donors (Lipinski definition) is 2. The van der Waals surface area contributed by atoms with E-state index in [4.69, 9.17) is 10.2 Å². The number of carbonyl (C=O) groups is 1. The molecule has 3 N–H and O–H groups in total. The van der Waals surface area contributed by atoms with Crippen molar-refractivity contribution in [1.29, 1.82) is 0 Å². The Morgan fingerprint density at radius 2 is 1.94 bits per heavy atom. The molecule has 7 heteroatoms. The molecule has 17 heavy (non-hydrogen) atoms. The van der Waals surface area contributed by atoms with Gasteiger partial charge in [-0.2, -0.15) is 0 Å². The van der Waals surface area contributed by atoms with Crippen LogP contribution in [-0.2, 0) is 20.2 Å². The molecule has 0 fully saturated rings. The van der Waals surface area contributed by atoms with Gasteiger partial charge in [-0.1, -0.05) is 6.07 Å². The fourth-order valence-corrected chi connectivity index (χ4v) is 1.83. The lowest BCUT2D eigenvalue weighted by atomic mass is 9.85. The Morgan fingerprint density at radius 1 is 1.41 bits per heavy atom. The third-order valence-corrected chi connectivity index (χ3v) is 3.44. The highest BCUT2D eigenvalue weighted by atomic mass is 32.2. The minimum Gasteiger partial charge on any atom is -0.481 e. The summed E-state index contributed by atoms with van der Waals surface area (Å²) < 4.78 is 35.4. The van der Waals surface area contributed by atoms with Crippen molar-refractivity contribution in [3.8, 4) is 0 Å². The van der Waals surface area contributed by atoms with Crippen molar-refractivity contribution in [2.75, 3.05) is 0 Å². The second-order valence-electron chi connectivity index (χ2n) is 4.12. The summed E-state index contributed by atoms with van der Waals surface area (Å²) in [6, 6.07) is 3.06. The summed E-state index contributed by atoms with van der Waals surface area (Å²) in [7, 11) is -4.14. The molecular formula is C10H12FNO4S. The highest BCUT2D eigenvalue weighted by Crippen LogP contribution is 2.26. The second kappa shape index (κ2) is 4.08. The minimum atomic E-state index is -4.14. The fourth-order valence-electron chi connectivity index (χ4n) is 1.24. The van der Waals surface area contributed by atoms with Crippen LogP contribution in [0.2, 0.25) is 0 Å². The van der Waals surface area contributed by atoms with Gasteiger partial charge >= 0.3 is 5.97 Å². The van der Waals surface area contributed by atoms with E-state index in [0.29, 0.717) is 0 Å². The zero-order chi connectivity index (χ0) is 13.4. The molecular weight excluding hydrogens is 249 g/mol. The number of sulfonamides is 1. The molecule has 94 valence electrons. The van der Waals surface area contributed by atoms with E-state index in [1.54, 1.807) is 0 Å². The molecule has 0 aromatic heterocycles. The zero-order valence-corrected chi connectivity index (χ0v) is 10.1. The number of rotatable bonds is 3. The predicted octanol–water partition coefficient (Wildman–Crippen LogP) is 0.835. The third kappa shape index (κ3) is 2.62. The minimum absolute atomic E-state index is 0.162.